The van der Waals surface area contributed by atoms with Gasteiger partial charge in [-0.3, -0.25) is 9.59 Å². The lowest BCUT2D eigenvalue weighted by Crippen LogP contribution is -2.46. The second kappa shape index (κ2) is 48.4. The lowest BCUT2D eigenvalue weighted by molar-refractivity contribution is -0.151. The van der Waals surface area contributed by atoms with Gasteiger partial charge in [-0.1, -0.05) is 244 Å². The summed E-state index contributed by atoms with van der Waals surface area (Å²) in [6, 6.07) is -0.701. The Morgan fingerprint density at radius 3 is 1.23 bits per heavy atom. The molecule has 0 saturated heterocycles. The Bertz CT molecular complexity index is 950. The molecule has 3 unspecified atom stereocenters. The summed E-state index contributed by atoms with van der Waals surface area (Å²) in [5, 5.41) is 23.7. The van der Waals surface area contributed by atoms with Gasteiger partial charge in [-0.2, -0.15) is 0 Å². The molecule has 0 rings (SSSR count). The number of esters is 1. The fourth-order valence-electron chi connectivity index (χ4n) is 8.25. The third-order valence-corrected chi connectivity index (χ3v) is 12.3. The van der Waals surface area contributed by atoms with Crippen LogP contribution in [0.5, 0.6) is 0 Å². The number of rotatable bonds is 48. The summed E-state index contributed by atoms with van der Waals surface area (Å²) in [5.41, 5.74) is 0. The Morgan fingerprint density at radius 1 is 0.483 bits per heavy atom. The first-order valence-electron chi connectivity index (χ1n) is 26.6. The van der Waals surface area contributed by atoms with Crippen LogP contribution in [0.1, 0.15) is 284 Å². The van der Waals surface area contributed by atoms with Gasteiger partial charge in [0.1, 0.15) is 6.10 Å². The SMILES string of the molecule is CCCCCCCCC/C=C/C=C/CCCCCC(=O)OC(CCCCCCCCCCCCCCCCC)CC(=O)NC(CO)C(O)CCCCCCCCCCCC. The maximum absolute atomic E-state index is 13.2. The van der Waals surface area contributed by atoms with E-state index in [1.807, 2.05) is 0 Å². The van der Waals surface area contributed by atoms with Crippen LogP contribution in [0.4, 0.5) is 0 Å². The second-order valence-corrected chi connectivity index (χ2v) is 18.3. The monoisotopic (exact) mass is 846 g/mol. The highest BCUT2D eigenvalue weighted by Gasteiger charge is 2.24. The average Bonchev–Trinajstić information content (AvgIpc) is 3.24. The topological polar surface area (TPSA) is 95.9 Å². The summed E-state index contributed by atoms with van der Waals surface area (Å²) in [4.78, 5) is 26.1. The Kier molecular flexibility index (Phi) is 47.0. The molecule has 6 nitrogen and oxygen atoms in total. The molecule has 60 heavy (non-hydrogen) atoms. The number of hydrogen-bond acceptors (Lipinski definition) is 5. The number of aliphatic hydroxyl groups excluding tert-OH is 2. The molecule has 0 aliphatic carbocycles. The van der Waals surface area contributed by atoms with E-state index in [-0.39, 0.29) is 24.9 Å². The van der Waals surface area contributed by atoms with E-state index < -0.39 is 18.2 Å². The van der Waals surface area contributed by atoms with Crippen molar-refractivity contribution < 1.29 is 24.5 Å². The van der Waals surface area contributed by atoms with Crippen molar-refractivity contribution in [1.82, 2.24) is 5.32 Å². The predicted molar refractivity (Wildman–Crippen MR) is 260 cm³/mol. The van der Waals surface area contributed by atoms with Gasteiger partial charge >= 0.3 is 5.97 Å². The average molecular weight is 846 g/mol. The van der Waals surface area contributed by atoms with Crippen molar-refractivity contribution >= 4 is 11.9 Å². The third kappa shape index (κ3) is 43.0. The molecule has 0 saturated carbocycles. The number of nitrogens with one attached hydrogen (secondary N) is 1. The minimum atomic E-state index is -0.787. The molecule has 0 heterocycles. The van der Waals surface area contributed by atoms with E-state index in [0.717, 1.165) is 64.2 Å². The number of hydrogen-bond donors (Lipinski definition) is 3. The molecule has 3 atom stereocenters. The van der Waals surface area contributed by atoms with Crippen LogP contribution in [0.3, 0.4) is 0 Å². The van der Waals surface area contributed by atoms with Gasteiger partial charge in [-0.15, -0.1) is 0 Å². The summed E-state index contributed by atoms with van der Waals surface area (Å²) < 4.78 is 5.93. The summed E-state index contributed by atoms with van der Waals surface area (Å²) in [6.07, 6.45) is 55.2. The van der Waals surface area contributed by atoms with E-state index in [1.54, 1.807) is 0 Å². The first-order chi connectivity index (χ1) is 29.5. The zero-order valence-corrected chi connectivity index (χ0v) is 40.4. The zero-order chi connectivity index (χ0) is 43.8. The molecule has 0 aliphatic rings. The Balaban J connectivity index is 4.58. The van der Waals surface area contributed by atoms with Crippen molar-refractivity contribution in [3.05, 3.63) is 24.3 Å². The molecule has 0 fully saturated rings. The maximum atomic E-state index is 13.2. The quantitative estimate of drug-likeness (QED) is 0.0322. The van der Waals surface area contributed by atoms with Crippen LogP contribution in [0.25, 0.3) is 0 Å². The molecule has 0 spiro atoms. The Morgan fingerprint density at radius 2 is 0.833 bits per heavy atom. The number of aliphatic hydroxyl groups is 2. The molecular formula is C54H103NO5. The fraction of sp³-hybridized carbons (Fsp3) is 0.889. The maximum Gasteiger partial charge on any atom is 0.306 e. The highest BCUT2D eigenvalue weighted by atomic mass is 16.5. The van der Waals surface area contributed by atoms with Gasteiger partial charge in [0.15, 0.2) is 0 Å². The number of carbonyl (C=O) groups excluding carboxylic acids is 2. The molecular weight excluding hydrogens is 743 g/mol. The smallest absolute Gasteiger partial charge is 0.306 e. The predicted octanol–water partition coefficient (Wildman–Crippen LogP) is 15.9. The lowest BCUT2D eigenvalue weighted by atomic mass is 10.0. The molecule has 354 valence electrons. The molecule has 0 aliphatic heterocycles. The van der Waals surface area contributed by atoms with Crippen LogP contribution in [-0.4, -0.2) is 46.9 Å². The summed E-state index contributed by atoms with van der Waals surface area (Å²) in [6.45, 7) is 6.48. The lowest BCUT2D eigenvalue weighted by Gasteiger charge is -2.24. The van der Waals surface area contributed by atoms with Gasteiger partial charge in [0.25, 0.3) is 0 Å². The normalized spacial score (nSPS) is 13.3. The summed E-state index contributed by atoms with van der Waals surface area (Å²) in [7, 11) is 0. The van der Waals surface area contributed by atoms with Crippen LogP contribution < -0.4 is 5.32 Å². The van der Waals surface area contributed by atoms with Crippen molar-refractivity contribution in [3.8, 4) is 0 Å². The van der Waals surface area contributed by atoms with Gasteiger partial charge < -0.3 is 20.3 Å². The highest BCUT2D eigenvalue weighted by Crippen LogP contribution is 2.18. The van der Waals surface area contributed by atoms with E-state index in [4.69, 9.17) is 4.74 Å². The van der Waals surface area contributed by atoms with Crippen molar-refractivity contribution in [2.24, 2.45) is 0 Å². The van der Waals surface area contributed by atoms with Gasteiger partial charge in [-0.05, 0) is 51.4 Å². The van der Waals surface area contributed by atoms with Gasteiger partial charge in [0, 0.05) is 6.42 Å². The molecule has 0 radical (unpaired) electrons. The van der Waals surface area contributed by atoms with E-state index in [9.17, 15) is 19.8 Å². The molecule has 0 aromatic carbocycles. The second-order valence-electron chi connectivity index (χ2n) is 18.3. The minimum absolute atomic E-state index is 0.0725. The summed E-state index contributed by atoms with van der Waals surface area (Å²) in [5.74, 6) is -0.490. The van der Waals surface area contributed by atoms with Gasteiger partial charge in [0.05, 0.1) is 25.2 Å². The largest absolute Gasteiger partial charge is 0.462 e. The third-order valence-electron chi connectivity index (χ3n) is 12.3. The van der Waals surface area contributed by atoms with E-state index in [2.05, 4.69) is 50.4 Å². The first kappa shape index (κ1) is 58.3. The van der Waals surface area contributed by atoms with Crippen molar-refractivity contribution in [1.29, 1.82) is 0 Å². The standard InChI is InChI=1S/C54H103NO5/c1-4-7-10-13-16-19-22-24-26-28-30-32-35-38-41-44-47-54(59)60-50(45-42-39-36-33-31-29-27-25-23-20-17-14-11-8-5-2)48-53(58)55-51(49-56)52(57)46-43-40-37-34-21-18-15-12-9-6-3/h26,28,30,32,50-52,56-57H,4-25,27,29,31,33-49H2,1-3H3,(H,55,58)/b28-26+,32-30+. The van der Waals surface area contributed by atoms with Crippen LogP contribution in [-0.2, 0) is 14.3 Å². The number of amides is 1. The number of ether oxygens (including phenoxy) is 1. The molecule has 0 bridgehead atoms. The van der Waals surface area contributed by atoms with E-state index >= 15 is 0 Å². The van der Waals surface area contributed by atoms with Gasteiger partial charge in [0.2, 0.25) is 5.91 Å². The zero-order valence-electron chi connectivity index (χ0n) is 40.4. The van der Waals surface area contributed by atoms with Crippen molar-refractivity contribution in [3.63, 3.8) is 0 Å². The van der Waals surface area contributed by atoms with Crippen LogP contribution in [0.15, 0.2) is 24.3 Å². The van der Waals surface area contributed by atoms with E-state index in [0.29, 0.717) is 19.3 Å². The molecule has 1 amide bonds. The number of allylic oxidation sites excluding steroid dienone is 4. The number of carbonyl (C=O) groups is 2. The van der Waals surface area contributed by atoms with Gasteiger partial charge in [-0.25, -0.2) is 0 Å². The van der Waals surface area contributed by atoms with E-state index in [1.165, 1.54) is 173 Å². The fourth-order valence-corrected chi connectivity index (χ4v) is 8.25. The van der Waals surface area contributed by atoms with Crippen molar-refractivity contribution in [2.75, 3.05) is 6.61 Å². The molecule has 6 heteroatoms. The van der Waals surface area contributed by atoms with Crippen LogP contribution in [0.2, 0.25) is 0 Å². The van der Waals surface area contributed by atoms with Crippen LogP contribution >= 0.6 is 0 Å². The minimum Gasteiger partial charge on any atom is -0.462 e. The number of unbranched alkanes of at least 4 members (excludes halogenated alkanes) is 33. The summed E-state index contributed by atoms with van der Waals surface area (Å²) >= 11 is 0. The molecule has 3 N–H and O–H groups in total. The Hall–Kier alpha value is -1.66. The van der Waals surface area contributed by atoms with Crippen molar-refractivity contribution in [2.45, 2.75) is 302 Å². The first-order valence-corrected chi connectivity index (χ1v) is 26.6. The van der Waals surface area contributed by atoms with Crippen LogP contribution in [0, 0.1) is 0 Å². The highest BCUT2D eigenvalue weighted by molar-refractivity contribution is 5.77. The Labute approximate surface area is 373 Å². The molecule has 0 aromatic heterocycles. The molecule has 0 aromatic rings.